The van der Waals surface area contributed by atoms with Gasteiger partial charge in [0.25, 0.3) is 5.69 Å². The first-order valence-electron chi connectivity index (χ1n) is 5.45. The van der Waals surface area contributed by atoms with E-state index in [1.165, 1.54) is 13.2 Å². The Kier molecular flexibility index (Phi) is 5.26. The van der Waals surface area contributed by atoms with E-state index in [0.717, 1.165) is 12.1 Å². The molecule has 0 aliphatic heterocycles. The maximum atomic E-state index is 12.7. The van der Waals surface area contributed by atoms with Gasteiger partial charge in [0.1, 0.15) is 5.75 Å². The number of nitro benzene ring substituents is 1. The molecular formula is C11H12F4N2O3. The van der Waals surface area contributed by atoms with Gasteiger partial charge in [-0.3, -0.25) is 10.1 Å². The minimum absolute atomic E-state index is 0.177. The van der Waals surface area contributed by atoms with Crippen LogP contribution in [0.1, 0.15) is 5.56 Å². The second kappa shape index (κ2) is 6.51. The fourth-order valence-electron chi connectivity index (χ4n) is 1.42. The number of alkyl halides is 4. The molecule has 1 aromatic carbocycles. The molecule has 0 radical (unpaired) electrons. The van der Waals surface area contributed by atoms with Gasteiger partial charge in [0.05, 0.1) is 24.6 Å². The van der Waals surface area contributed by atoms with Gasteiger partial charge < -0.3 is 10.1 Å². The molecule has 112 valence electrons. The SMILES string of the molecule is COc1cc(CNCC(F)(F)C(F)F)cc([N+](=O)[O-])c1. The molecule has 0 bridgehead atoms. The van der Waals surface area contributed by atoms with E-state index in [9.17, 15) is 27.7 Å². The predicted octanol–water partition coefficient (Wildman–Crippen LogP) is 2.59. The fourth-order valence-corrected chi connectivity index (χ4v) is 1.42. The maximum Gasteiger partial charge on any atom is 0.319 e. The van der Waals surface area contributed by atoms with Crippen molar-refractivity contribution < 1.29 is 27.2 Å². The Hall–Kier alpha value is -1.90. The first-order valence-corrected chi connectivity index (χ1v) is 5.45. The number of hydrogen-bond acceptors (Lipinski definition) is 4. The number of benzene rings is 1. The molecule has 1 aromatic rings. The van der Waals surface area contributed by atoms with Crippen molar-refractivity contribution in [3.63, 3.8) is 0 Å². The van der Waals surface area contributed by atoms with Gasteiger partial charge in [-0.2, -0.15) is 8.78 Å². The van der Waals surface area contributed by atoms with Crippen molar-refractivity contribution in [2.24, 2.45) is 0 Å². The zero-order valence-electron chi connectivity index (χ0n) is 10.4. The monoisotopic (exact) mass is 296 g/mol. The van der Waals surface area contributed by atoms with Gasteiger partial charge in [-0.05, 0) is 11.6 Å². The maximum absolute atomic E-state index is 12.7. The number of nitrogens with one attached hydrogen (secondary N) is 1. The van der Waals surface area contributed by atoms with E-state index >= 15 is 0 Å². The van der Waals surface area contributed by atoms with Crippen molar-refractivity contribution in [3.05, 3.63) is 33.9 Å². The Morgan fingerprint density at radius 3 is 2.55 bits per heavy atom. The molecule has 1 N–H and O–H groups in total. The third kappa shape index (κ3) is 4.34. The number of hydrogen-bond donors (Lipinski definition) is 1. The zero-order chi connectivity index (χ0) is 15.3. The number of halogens is 4. The van der Waals surface area contributed by atoms with Crippen molar-refractivity contribution in [1.29, 1.82) is 0 Å². The lowest BCUT2D eigenvalue weighted by Crippen LogP contribution is -2.38. The molecule has 0 aromatic heterocycles. The summed E-state index contributed by atoms with van der Waals surface area (Å²) in [7, 11) is 1.29. The summed E-state index contributed by atoms with van der Waals surface area (Å²) in [6.45, 7) is -1.45. The highest BCUT2D eigenvalue weighted by Gasteiger charge is 2.39. The average molecular weight is 296 g/mol. The van der Waals surface area contributed by atoms with Crippen molar-refractivity contribution in [2.75, 3.05) is 13.7 Å². The molecule has 0 saturated carbocycles. The molecule has 0 heterocycles. The second-order valence-corrected chi connectivity index (χ2v) is 3.96. The molecule has 1 rings (SSSR count). The molecule has 0 fully saturated rings. The lowest BCUT2D eigenvalue weighted by molar-refractivity contribution is -0.385. The predicted molar refractivity (Wildman–Crippen MR) is 62.3 cm³/mol. The highest BCUT2D eigenvalue weighted by Crippen LogP contribution is 2.24. The lowest BCUT2D eigenvalue weighted by atomic mass is 10.2. The smallest absolute Gasteiger partial charge is 0.319 e. The summed E-state index contributed by atoms with van der Waals surface area (Å²) in [5.74, 6) is -3.97. The van der Waals surface area contributed by atoms with Gasteiger partial charge in [-0.15, -0.1) is 0 Å². The normalized spacial score (nSPS) is 11.7. The van der Waals surface area contributed by atoms with E-state index in [-0.39, 0.29) is 23.5 Å². The van der Waals surface area contributed by atoms with Gasteiger partial charge in [0.15, 0.2) is 0 Å². The number of nitrogens with zero attached hydrogens (tertiary/aromatic N) is 1. The van der Waals surface area contributed by atoms with Crippen LogP contribution in [0.25, 0.3) is 0 Å². The average Bonchev–Trinajstić information content (AvgIpc) is 2.37. The summed E-state index contributed by atoms with van der Waals surface area (Å²) in [6, 6.07) is 3.70. The Bertz CT molecular complexity index is 483. The molecule has 0 unspecified atom stereocenters. The summed E-state index contributed by atoms with van der Waals surface area (Å²) in [5.41, 5.74) is 0.00267. The summed E-state index contributed by atoms with van der Waals surface area (Å²) in [5, 5.41) is 12.8. The van der Waals surface area contributed by atoms with Crippen LogP contribution < -0.4 is 10.1 Å². The molecule has 0 saturated heterocycles. The summed E-state index contributed by atoms with van der Waals surface area (Å²) < 4.78 is 54.0. The Morgan fingerprint density at radius 1 is 1.40 bits per heavy atom. The van der Waals surface area contributed by atoms with Gasteiger partial charge >= 0.3 is 12.3 Å². The van der Waals surface area contributed by atoms with Crippen LogP contribution in [0.5, 0.6) is 5.75 Å². The van der Waals surface area contributed by atoms with Crippen LogP contribution in [0.15, 0.2) is 18.2 Å². The van der Waals surface area contributed by atoms with Crippen LogP contribution in [0, 0.1) is 10.1 Å². The lowest BCUT2D eigenvalue weighted by Gasteiger charge is -2.15. The minimum atomic E-state index is -4.15. The van der Waals surface area contributed by atoms with Gasteiger partial charge in [0, 0.05) is 12.6 Å². The van der Waals surface area contributed by atoms with Crippen LogP contribution in [0.2, 0.25) is 0 Å². The molecule has 0 amide bonds. The molecule has 5 nitrogen and oxygen atoms in total. The Morgan fingerprint density at radius 2 is 2.05 bits per heavy atom. The summed E-state index contributed by atoms with van der Waals surface area (Å²) in [4.78, 5) is 9.99. The van der Waals surface area contributed by atoms with Gasteiger partial charge in [-0.25, -0.2) is 8.78 Å². The van der Waals surface area contributed by atoms with Crippen molar-refractivity contribution >= 4 is 5.69 Å². The summed E-state index contributed by atoms with van der Waals surface area (Å²) >= 11 is 0. The number of rotatable bonds is 7. The van der Waals surface area contributed by atoms with E-state index in [1.807, 2.05) is 0 Å². The third-order valence-electron chi connectivity index (χ3n) is 2.41. The molecule has 20 heavy (non-hydrogen) atoms. The first kappa shape index (κ1) is 16.2. The topological polar surface area (TPSA) is 64.4 Å². The van der Waals surface area contributed by atoms with E-state index in [0.29, 0.717) is 0 Å². The highest BCUT2D eigenvalue weighted by molar-refractivity contribution is 5.42. The van der Waals surface area contributed by atoms with Crippen molar-refractivity contribution in [3.8, 4) is 5.75 Å². The second-order valence-electron chi connectivity index (χ2n) is 3.96. The quantitative estimate of drug-likeness (QED) is 0.477. The van der Waals surface area contributed by atoms with E-state index in [4.69, 9.17) is 4.74 Å². The van der Waals surface area contributed by atoms with E-state index in [2.05, 4.69) is 5.32 Å². The van der Waals surface area contributed by atoms with E-state index < -0.39 is 23.8 Å². The Balaban J connectivity index is 2.73. The van der Waals surface area contributed by atoms with Crippen LogP contribution >= 0.6 is 0 Å². The molecule has 0 atom stereocenters. The van der Waals surface area contributed by atoms with Gasteiger partial charge in [0.2, 0.25) is 0 Å². The van der Waals surface area contributed by atoms with Crippen LogP contribution in [-0.4, -0.2) is 30.9 Å². The molecular weight excluding hydrogens is 284 g/mol. The largest absolute Gasteiger partial charge is 0.496 e. The van der Waals surface area contributed by atoms with Crippen LogP contribution in [0.4, 0.5) is 23.2 Å². The number of non-ortho nitro benzene ring substituents is 1. The number of ether oxygens (including phenoxy) is 1. The summed E-state index contributed by atoms with van der Waals surface area (Å²) in [6.07, 6.45) is -3.77. The Labute approximate surface area is 111 Å². The molecule has 0 aliphatic carbocycles. The van der Waals surface area contributed by atoms with Gasteiger partial charge in [-0.1, -0.05) is 0 Å². The number of methoxy groups -OCH3 is 1. The molecule has 0 spiro atoms. The van der Waals surface area contributed by atoms with Crippen molar-refractivity contribution in [1.82, 2.24) is 5.32 Å². The fraction of sp³-hybridized carbons (Fsp3) is 0.455. The standard InChI is InChI=1S/C11H12F4N2O3/c1-20-9-3-7(2-8(4-9)17(18)19)5-16-6-11(14,15)10(12)13/h2-4,10,16H,5-6H2,1H3. The molecule has 0 aliphatic rings. The molecule has 9 heteroatoms. The third-order valence-corrected chi connectivity index (χ3v) is 2.41. The minimum Gasteiger partial charge on any atom is -0.496 e. The van der Waals surface area contributed by atoms with Crippen LogP contribution in [-0.2, 0) is 6.54 Å². The number of nitro groups is 1. The van der Waals surface area contributed by atoms with Crippen LogP contribution in [0.3, 0.4) is 0 Å². The zero-order valence-corrected chi connectivity index (χ0v) is 10.4. The van der Waals surface area contributed by atoms with E-state index in [1.54, 1.807) is 0 Å². The first-order chi connectivity index (χ1) is 9.26. The van der Waals surface area contributed by atoms with Crippen molar-refractivity contribution in [2.45, 2.75) is 18.9 Å². The highest BCUT2D eigenvalue weighted by atomic mass is 19.3.